The van der Waals surface area contributed by atoms with Crippen molar-refractivity contribution in [1.82, 2.24) is 4.98 Å². The summed E-state index contributed by atoms with van der Waals surface area (Å²) < 4.78 is 0. The van der Waals surface area contributed by atoms with Crippen LogP contribution >= 0.6 is 11.3 Å². The van der Waals surface area contributed by atoms with Crippen LogP contribution in [-0.4, -0.2) is 4.98 Å². The molecular weight excluding hydrogens is 228 g/mol. The zero-order chi connectivity index (χ0) is 12.4. The molecule has 0 bridgehead atoms. The normalized spacial score (nSPS) is 11.1. The first-order chi connectivity index (χ1) is 8.06. The zero-order valence-corrected chi connectivity index (χ0v) is 11.3. The molecule has 2 N–H and O–H groups in total. The third kappa shape index (κ3) is 2.86. The van der Waals surface area contributed by atoms with Crippen molar-refractivity contribution in [3.63, 3.8) is 0 Å². The fourth-order valence-electron chi connectivity index (χ4n) is 1.84. The van der Waals surface area contributed by atoms with Crippen LogP contribution in [-0.2, 0) is 6.42 Å². The third-order valence-electron chi connectivity index (χ3n) is 2.57. The van der Waals surface area contributed by atoms with E-state index in [-0.39, 0.29) is 0 Å². The van der Waals surface area contributed by atoms with Crippen LogP contribution in [0.3, 0.4) is 0 Å². The molecule has 2 rings (SSSR count). The molecule has 2 nitrogen and oxygen atoms in total. The number of nitrogens with two attached hydrogens (primary N) is 1. The van der Waals surface area contributed by atoms with Crippen LogP contribution in [0.1, 0.15) is 24.5 Å². The molecule has 0 aliphatic carbocycles. The van der Waals surface area contributed by atoms with Gasteiger partial charge in [0.05, 0.1) is 15.6 Å². The fourth-order valence-corrected chi connectivity index (χ4v) is 3.11. The van der Waals surface area contributed by atoms with Crippen molar-refractivity contribution in [2.24, 2.45) is 5.92 Å². The lowest BCUT2D eigenvalue weighted by molar-refractivity contribution is 0.643. The maximum absolute atomic E-state index is 5.82. The van der Waals surface area contributed by atoms with Gasteiger partial charge in [-0.05, 0) is 30.5 Å². The van der Waals surface area contributed by atoms with E-state index < -0.39 is 0 Å². The van der Waals surface area contributed by atoms with Crippen molar-refractivity contribution < 1.29 is 0 Å². The number of aromatic nitrogens is 1. The minimum Gasteiger partial charge on any atom is -0.399 e. The third-order valence-corrected chi connectivity index (χ3v) is 3.80. The highest BCUT2D eigenvalue weighted by atomic mass is 32.1. The highest BCUT2D eigenvalue weighted by Gasteiger charge is 2.10. The molecular formula is C14H18N2S. The summed E-state index contributed by atoms with van der Waals surface area (Å²) in [6.07, 6.45) is 1.05. The topological polar surface area (TPSA) is 38.9 Å². The Kier molecular flexibility index (Phi) is 3.48. The van der Waals surface area contributed by atoms with Crippen molar-refractivity contribution >= 4 is 17.0 Å². The first-order valence-electron chi connectivity index (χ1n) is 5.88. The zero-order valence-electron chi connectivity index (χ0n) is 10.5. The molecule has 1 aromatic heterocycles. The summed E-state index contributed by atoms with van der Waals surface area (Å²) in [7, 11) is 0. The van der Waals surface area contributed by atoms with Crippen LogP contribution in [0.5, 0.6) is 0 Å². The van der Waals surface area contributed by atoms with Crippen LogP contribution in [0.4, 0.5) is 5.69 Å². The summed E-state index contributed by atoms with van der Waals surface area (Å²) in [4.78, 5) is 5.88. The average molecular weight is 246 g/mol. The van der Waals surface area contributed by atoms with E-state index >= 15 is 0 Å². The smallest absolute Gasteiger partial charge is 0.0937 e. The number of thiazole rings is 1. The van der Waals surface area contributed by atoms with E-state index in [2.05, 4.69) is 31.8 Å². The molecule has 90 valence electrons. The van der Waals surface area contributed by atoms with Gasteiger partial charge in [0.15, 0.2) is 0 Å². The number of hydrogen-bond donors (Lipinski definition) is 1. The summed E-state index contributed by atoms with van der Waals surface area (Å²) in [5.41, 5.74) is 8.91. The van der Waals surface area contributed by atoms with Crippen molar-refractivity contribution in [2.45, 2.75) is 27.2 Å². The van der Waals surface area contributed by atoms with Crippen LogP contribution in [0.25, 0.3) is 10.4 Å². The van der Waals surface area contributed by atoms with Gasteiger partial charge in [-0.3, -0.25) is 0 Å². The van der Waals surface area contributed by atoms with E-state index in [4.69, 9.17) is 5.73 Å². The van der Waals surface area contributed by atoms with Crippen LogP contribution < -0.4 is 5.73 Å². The molecule has 0 unspecified atom stereocenters. The van der Waals surface area contributed by atoms with Crippen molar-refractivity contribution in [3.05, 3.63) is 35.0 Å². The number of benzene rings is 1. The predicted molar refractivity (Wildman–Crippen MR) is 75.2 cm³/mol. The molecule has 2 aromatic rings. The van der Waals surface area contributed by atoms with Crippen LogP contribution in [0, 0.1) is 12.8 Å². The number of rotatable bonds is 3. The van der Waals surface area contributed by atoms with Gasteiger partial charge in [-0.1, -0.05) is 26.0 Å². The molecule has 0 saturated carbocycles. The Balaban J connectivity index is 2.36. The van der Waals surface area contributed by atoms with Gasteiger partial charge in [-0.15, -0.1) is 11.3 Å². The van der Waals surface area contributed by atoms with Crippen LogP contribution in [0.15, 0.2) is 24.3 Å². The monoisotopic (exact) mass is 246 g/mol. The van der Waals surface area contributed by atoms with Gasteiger partial charge < -0.3 is 5.73 Å². The van der Waals surface area contributed by atoms with E-state index in [1.54, 1.807) is 11.3 Å². The Morgan fingerprint density at radius 3 is 2.76 bits per heavy atom. The van der Waals surface area contributed by atoms with Crippen molar-refractivity contribution in [2.75, 3.05) is 5.73 Å². The second kappa shape index (κ2) is 4.88. The second-order valence-corrected chi connectivity index (χ2v) is 5.83. The maximum atomic E-state index is 5.82. The van der Waals surface area contributed by atoms with Gasteiger partial charge in [0, 0.05) is 12.1 Å². The summed E-state index contributed by atoms with van der Waals surface area (Å²) in [6, 6.07) is 8.01. The average Bonchev–Trinajstić information content (AvgIpc) is 2.58. The SMILES string of the molecule is Cc1nc(CC(C)C)sc1-c1cccc(N)c1. The van der Waals surface area contributed by atoms with E-state index in [9.17, 15) is 0 Å². The van der Waals surface area contributed by atoms with Gasteiger partial charge in [0.25, 0.3) is 0 Å². The number of aryl methyl sites for hydroxylation is 1. The van der Waals surface area contributed by atoms with Gasteiger partial charge in [0.1, 0.15) is 0 Å². The van der Waals surface area contributed by atoms with E-state index in [0.29, 0.717) is 5.92 Å². The molecule has 0 amide bonds. The Hall–Kier alpha value is -1.35. The van der Waals surface area contributed by atoms with Crippen molar-refractivity contribution in [1.29, 1.82) is 0 Å². The lowest BCUT2D eigenvalue weighted by Gasteiger charge is -2.00. The molecule has 1 heterocycles. The quantitative estimate of drug-likeness (QED) is 0.834. The van der Waals surface area contributed by atoms with E-state index in [1.165, 1.54) is 15.4 Å². The first kappa shape index (κ1) is 12.1. The molecule has 3 heteroatoms. The van der Waals surface area contributed by atoms with E-state index in [0.717, 1.165) is 17.8 Å². The number of hydrogen-bond acceptors (Lipinski definition) is 3. The van der Waals surface area contributed by atoms with Crippen LogP contribution in [0.2, 0.25) is 0 Å². The first-order valence-corrected chi connectivity index (χ1v) is 6.70. The molecule has 17 heavy (non-hydrogen) atoms. The van der Waals surface area contributed by atoms with E-state index in [1.807, 2.05) is 18.2 Å². The van der Waals surface area contributed by atoms with Gasteiger partial charge in [0.2, 0.25) is 0 Å². The molecule has 0 saturated heterocycles. The number of nitrogen functional groups attached to an aromatic ring is 1. The highest BCUT2D eigenvalue weighted by molar-refractivity contribution is 7.15. The Morgan fingerprint density at radius 1 is 1.35 bits per heavy atom. The Morgan fingerprint density at radius 2 is 2.12 bits per heavy atom. The highest BCUT2D eigenvalue weighted by Crippen LogP contribution is 2.31. The predicted octanol–water partition coefficient (Wildman–Crippen LogP) is 3.90. The largest absolute Gasteiger partial charge is 0.399 e. The molecule has 0 aliphatic rings. The number of nitrogens with zero attached hydrogens (tertiary/aromatic N) is 1. The number of anilines is 1. The molecule has 0 aliphatic heterocycles. The summed E-state index contributed by atoms with van der Waals surface area (Å²) in [6.45, 7) is 6.51. The Labute approximate surface area is 107 Å². The minimum absolute atomic E-state index is 0.647. The Bertz CT molecular complexity index is 515. The molecule has 0 spiro atoms. The summed E-state index contributed by atoms with van der Waals surface area (Å²) >= 11 is 1.78. The summed E-state index contributed by atoms with van der Waals surface area (Å²) in [5.74, 6) is 0.647. The lowest BCUT2D eigenvalue weighted by atomic mass is 10.1. The second-order valence-electron chi connectivity index (χ2n) is 4.75. The molecule has 1 aromatic carbocycles. The summed E-state index contributed by atoms with van der Waals surface area (Å²) in [5, 5.41) is 1.22. The van der Waals surface area contributed by atoms with Gasteiger partial charge in [-0.25, -0.2) is 4.98 Å². The van der Waals surface area contributed by atoms with Gasteiger partial charge in [-0.2, -0.15) is 0 Å². The lowest BCUT2D eigenvalue weighted by Crippen LogP contribution is -1.92. The molecule has 0 radical (unpaired) electrons. The maximum Gasteiger partial charge on any atom is 0.0937 e. The standard InChI is InChI=1S/C14H18N2S/c1-9(2)7-13-16-10(3)14(17-13)11-5-4-6-12(15)8-11/h4-6,8-9H,7,15H2,1-3H3. The molecule has 0 atom stereocenters. The minimum atomic E-state index is 0.647. The fraction of sp³-hybridized carbons (Fsp3) is 0.357. The van der Waals surface area contributed by atoms with Crippen molar-refractivity contribution in [3.8, 4) is 10.4 Å². The molecule has 0 fully saturated rings. The van der Waals surface area contributed by atoms with Gasteiger partial charge >= 0.3 is 0 Å².